The Morgan fingerprint density at radius 3 is 2.21 bits per heavy atom. The summed E-state index contributed by atoms with van der Waals surface area (Å²) in [6.07, 6.45) is 3.83. The fraction of sp³-hybridized carbons (Fsp3) is 0.789. The summed E-state index contributed by atoms with van der Waals surface area (Å²) in [5, 5.41) is 13.6. The van der Waals surface area contributed by atoms with E-state index in [9.17, 15) is 19.2 Å². The number of hydrogen-bond acceptors (Lipinski definition) is 6. The topological polar surface area (TPSA) is 131 Å². The van der Waals surface area contributed by atoms with Gasteiger partial charge in [-0.15, -0.1) is 0 Å². The molecule has 0 aromatic heterocycles. The van der Waals surface area contributed by atoms with Crippen LogP contribution in [0.5, 0.6) is 0 Å². The molecular formula is C19H32N2O7. The molecule has 0 spiro atoms. The van der Waals surface area contributed by atoms with Crippen molar-refractivity contribution < 1.29 is 33.8 Å². The van der Waals surface area contributed by atoms with E-state index in [2.05, 4.69) is 10.6 Å². The van der Waals surface area contributed by atoms with Gasteiger partial charge in [0.25, 0.3) is 0 Å². The van der Waals surface area contributed by atoms with Gasteiger partial charge in [-0.05, 0) is 59.8 Å². The van der Waals surface area contributed by atoms with Crippen molar-refractivity contribution in [2.75, 3.05) is 0 Å². The Labute approximate surface area is 165 Å². The molecule has 0 aliphatic heterocycles. The van der Waals surface area contributed by atoms with Crippen molar-refractivity contribution in [2.45, 2.75) is 96.4 Å². The summed E-state index contributed by atoms with van der Waals surface area (Å²) in [6, 6.07) is -2.25. The van der Waals surface area contributed by atoms with Gasteiger partial charge in [0, 0.05) is 6.42 Å². The van der Waals surface area contributed by atoms with Crippen LogP contribution in [0.15, 0.2) is 0 Å². The Morgan fingerprint density at radius 1 is 1.07 bits per heavy atom. The van der Waals surface area contributed by atoms with E-state index >= 15 is 0 Å². The third-order valence-corrected chi connectivity index (χ3v) is 4.22. The van der Waals surface area contributed by atoms with E-state index in [4.69, 9.17) is 14.6 Å². The maximum Gasteiger partial charge on any atom is 0.408 e. The first-order valence-electron chi connectivity index (χ1n) is 9.70. The molecule has 3 N–H and O–H groups in total. The molecule has 1 saturated carbocycles. The third kappa shape index (κ3) is 9.57. The summed E-state index contributed by atoms with van der Waals surface area (Å²) >= 11 is 0. The van der Waals surface area contributed by atoms with E-state index in [0.29, 0.717) is 0 Å². The zero-order valence-electron chi connectivity index (χ0n) is 17.1. The summed E-state index contributed by atoms with van der Waals surface area (Å²) in [7, 11) is 0. The van der Waals surface area contributed by atoms with Gasteiger partial charge >= 0.3 is 18.0 Å². The Bertz CT molecular complexity index is 565. The average Bonchev–Trinajstić information content (AvgIpc) is 2.57. The molecule has 0 unspecified atom stereocenters. The molecule has 28 heavy (non-hydrogen) atoms. The molecule has 1 aliphatic rings. The minimum absolute atomic E-state index is 0.0248. The van der Waals surface area contributed by atoms with E-state index in [1.165, 1.54) is 6.92 Å². The van der Waals surface area contributed by atoms with E-state index in [1.807, 2.05) is 0 Å². The molecule has 9 heteroatoms. The molecule has 0 aromatic rings. The normalized spacial score (nSPS) is 17.1. The summed E-state index contributed by atoms with van der Waals surface area (Å²) < 4.78 is 10.6. The number of aliphatic carboxylic acids is 1. The lowest BCUT2D eigenvalue weighted by molar-refractivity contribution is -0.151. The number of nitrogens with one attached hydrogen (secondary N) is 2. The Morgan fingerprint density at radius 2 is 1.68 bits per heavy atom. The highest BCUT2D eigenvalue weighted by molar-refractivity contribution is 5.89. The summed E-state index contributed by atoms with van der Waals surface area (Å²) in [5.74, 6) is -2.35. The molecule has 1 rings (SSSR count). The molecule has 0 saturated heterocycles. The van der Waals surface area contributed by atoms with Gasteiger partial charge in [0.1, 0.15) is 23.8 Å². The number of carboxylic acids is 1. The minimum atomic E-state index is -1.21. The van der Waals surface area contributed by atoms with E-state index < -0.39 is 41.6 Å². The molecule has 1 aliphatic carbocycles. The molecule has 0 aromatic carbocycles. The Kier molecular flexibility index (Phi) is 9.21. The van der Waals surface area contributed by atoms with E-state index in [0.717, 1.165) is 32.1 Å². The molecule has 0 bridgehead atoms. The minimum Gasteiger partial charge on any atom is -0.480 e. The van der Waals surface area contributed by atoms with Crippen molar-refractivity contribution in [3.63, 3.8) is 0 Å². The lowest BCUT2D eigenvalue weighted by Crippen LogP contribution is -2.51. The number of amides is 2. The van der Waals surface area contributed by atoms with Crippen molar-refractivity contribution in [1.29, 1.82) is 0 Å². The molecule has 9 nitrogen and oxygen atoms in total. The van der Waals surface area contributed by atoms with Crippen molar-refractivity contribution in [3.8, 4) is 0 Å². The highest BCUT2D eigenvalue weighted by Crippen LogP contribution is 2.21. The third-order valence-electron chi connectivity index (χ3n) is 4.22. The van der Waals surface area contributed by atoms with Crippen LogP contribution in [-0.4, -0.2) is 52.8 Å². The lowest BCUT2D eigenvalue weighted by Gasteiger charge is -2.24. The predicted molar refractivity (Wildman–Crippen MR) is 101 cm³/mol. The fourth-order valence-corrected chi connectivity index (χ4v) is 2.78. The monoisotopic (exact) mass is 400 g/mol. The van der Waals surface area contributed by atoms with Crippen LogP contribution in [0.1, 0.15) is 72.6 Å². The number of ether oxygens (including phenoxy) is 2. The van der Waals surface area contributed by atoms with Crippen LogP contribution in [-0.2, 0) is 23.9 Å². The maximum absolute atomic E-state index is 12.4. The van der Waals surface area contributed by atoms with Gasteiger partial charge in [0.15, 0.2) is 0 Å². The molecule has 0 heterocycles. The van der Waals surface area contributed by atoms with Crippen LogP contribution in [0.25, 0.3) is 0 Å². The summed E-state index contributed by atoms with van der Waals surface area (Å²) in [6.45, 7) is 6.34. The SMILES string of the molecule is C[C@@H](NC(=O)[C@H](CCC(=O)OC1CCCCC1)NC(=O)OC(C)(C)C)C(=O)O. The van der Waals surface area contributed by atoms with Crippen molar-refractivity contribution in [3.05, 3.63) is 0 Å². The smallest absolute Gasteiger partial charge is 0.408 e. The molecular weight excluding hydrogens is 368 g/mol. The molecule has 2 atom stereocenters. The second-order valence-electron chi connectivity index (χ2n) is 8.06. The van der Waals surface area contributed by atoms with Crippen LogP contribution in [0.4, 0.5) is 4.79 Å². The number of hydrogen-bond donors (Lipinski definition) is 3. The van der Waals surface area contributed by atoms with Gasteiger partial charge in [-0.3, -0.25) is 14.4 Å². The molecule has 0 radical (unpaired) electrons. The van der Waals surface area contributed by atoms with Crippen LogP contribution >= 0.6 is 0 Å². The van der Waals surface area contributed by atoms with E-state index in [-0.39, 0.29) is 18.9 Å². The number of carbonyl (C=O) groups is 4. The first-order chi connectivity index (χ1) is 13.0. The summed E-state index contributed by atoms with van der Waals surface area (Å²) in [4.78, 5) is 47.4. The van der Waals surface area contributed by atoms with Gasteiger partial charge in [-0.25, -0.2) is 4.79 Å². The number of rotatable bonds is 8. The van der Waals surface area contributed by atoms with Gasteiger partial charge in [-0.2, -0.15) is 0 Å². The zero-order chi connectivity index (χ0) is 21.3. The number of alkyl carbamates (subject to hydrolysis) is 1. The van der Waals surface area contributed by atoms with E-state index in [1.54, 1.807) is 20.8 Å². The van der Waals surface area contributed by atoms with Crippen molar-refractivity contribution in [2.24, 2.45) is 0 Å². The predicted octanol–water partition coefficient (Wildman–Crippen LogP) is 2.13. The van der Waals surface area contributed by atoms with Gasteiger partial charge in [0.2, 0.25) is 5.91 Å². The van der Waals surface area contributed by atoms with Gasteiger partial charge < -0.3 is 25.2 Å². The molecule has 160 valence electrons. The van der Waals surface area contributed by atoms with Crippen LogP contribution in [0, 0.1) is 0 Å². The standard InChI is InChI=1S/C19H32N2O7/c1-12(17(24)25)20-16(23)14(21-18(26)28-19(2,3)4)10-11-15(22)27-13-8-6-5-7-9-13/h12-14H,5-11H2,1-4H3,(H,20,23)(H,21,26)(H,24,25)/t12-,14+/m1/s1. The Balaban J connectivity index is 2.64. The number of carbonyl (C=O) groups excluding carboxylic acids is 3. The molecule has 1 fully saturated rings. The van der Waals surface area contributed by atoms with Crippen LogP contribution in [0.2, 0.25) is 0 Å². The van der Waals surface area contributed by atoms with Gasteiger partial charge in [0.05, 0.1) is 0 Å². The first-order valence-corrected chi connectivity index (χ1v) is 9.70. The fourth-order valence-electron chi connectivity index (χ4n) is 2.78. The second-order valence-corrected chi connectivity index (χ2v) is 8.06. The van der Waals surface area contributed by atoms with Crippen molar-refractivity contribution >= 4 is 23.9 Å². The lowest BCUT2D eigenvalue weighted by atomic mass is 9.98. The van der Waals surface area contributed by atoms with Crippen LogP contribution in [0.3, 0.4) is 0 Å². The highest BCUT2D eigenvalue weighted by Gasteiger charge is 2.28. The summed E-state index contributed by atoms with van der Waals surface area (Å²) in [5.41, 5.74) is -0.765. The maximum atomic E-state index is 12.4. The second kappa shape index (κ2) is 10.9. The largest absolute Gasteiger partial charge is 0.480 e. The highest BCUT2D eigenvalue weighted by atomic mass is 16.6. The zero-order valence-corrected chi connectivity index (χ0v) is 17.1. The molecule has 2 amide bonds. The number of esters is 1. The Hall–Kier alpha value is -2.32. The number of carboxylic acid groups (broad SMARTS) is 1. The average molecular weight is 400 g/mol. The quantitative estimate of drug-likeness (QED) is 0.532. The van der Waals surface area contributed by atoms with Gasteiger partial charge in [-0.1, -0.05) is 6.42 Å². The van der Waals surface area contributed by atoms with Crippen LogP contribution < -0.4 is 10.6 Å². The van der Waals surface area contributed by atoms with Crippen molar-refractivity contribution in [1.82, 2.24) is 10.6 Å². The first kappa shape index (κ1) is 23.7.